The maximum atomic E-state index is 5.66. The summed E-state index contributed by atoms with van der Waals surface area (Å²) in [4.78, 5) is 0. The maximum absolute atomic E-state index is 5.66. The van der Waals surface area contributed by atoms with Crippen LogP contribution < -0.4 is 10.6 Å². The number of anilines is 1. The molecule has 2 unspecified atom stereocenters. The van der Waals surface area contributed by atoms with Gasteiger partial charge in [-0.15, -0.1) is 0 Å². The van der Waals surface area contributed by atoms with Crippen LogP contribution in [0.1, 0.15) is 30.9 Å². The van der Waals surface area contributed by atoms with Gasteiger partial charge in [-0.25, -0.2) is 0 Å². The van der Waals surface area contributed by atoms with Crippen molar-refractivity contribution in [1.29, 1.82) is 0 Å². The molecule has 0 radical (unpaired) electrons. The van der Waals surface area contributed by atoms with E-state index in [9.17, 15) is 0 Å². The first-order chi connectivity index (χ1) is 9.06. The molecule has 1 fully saturated rings. The molecule has 0 bridgehead atoms. The number of nitrogens with one attached hydrogen (secondary N) is 2. The SMILES string of the molecule is Cc1ccc(NC(=S)NC(C)C2CCCO2)c(C)c1. The van der Waals surface area contributed by atoms with Crippen molar-refractivity contribution in [1.82, 2.24) is 5.32 Å². The molecule has 2 atom stereocenters. The molecule has 0 spiro atoms. The fraction of sp³-hybridized carbons (Fsp3) is 0.533. The normalized spacial score (nSPS) is 20.1. The van der Waals surface area contributed by atoms with E-state index < -0.39 is 0 Å². The van der Waals surface area contributed by atoms with Gasteiger partial charge in [0.25, 0.3) is 0 Å². The summed E-state index contributed by atoms with van der Waals surface area (Å²) in [5.74, 6) is 0. The summed E-state index contributed by atoms with van der Waals surface area (Å²) in [5, 5.41) is 7.23. The van der Waals surface area contributed by atoms with E-state index in [0.29, 0.717) is 5.11 Å². The van der Waals surface area contributed by atoms with Gasteiger partial charge in [-0.1, -0.05) is 17.7 Å². The van der Waals surface area contributed by atoms with Crippen LogP contribution in [0.2, 0.25) is 0 Å². The third-order valence-corrected chi connectivity index (χ3v) is 3.73. The Hall–Kier alpha value is -1.13. The fourth-order valence-corrected chi connectivity index (χ4v) is 2.70. The van der Waals surface area contributed by atoms with E-state index in [2.05, 4.69) is 49.6 Å². The Balaban J connectivity index is 1.89. The minimum Gasteiger partial charge on any atom is -0.376 e. The summed E-state index contributed by atoms with van der Waals surface area (Å²) in [5.41, 5.74) is 3.52. The molecule has 3 nitrogen and oxygen atoms in total. The number of aryl methyl sites for hydroxylation is 2. The van der Waals surface area contributed by atoms with Crippen LogP contribution in [0.25, 0.3) is 0 Å². The Morgan fingerprint density at radius 1 is 1.42 bits per heavy atom. The highest BCUT2D eigenvalue weighted by Gasteiger charge is 2.22. The van der Waals surface area contributed by atoms with Gasteiger partial charge in [-0.05, 0) is 57.5 Å². The zero-order valence-corrected chi connectivity index (χ0v) is 12.6. The monoisotopic (exact) mass is 278 g/mol. The summed E-state index contributed by atoms with van der Waals surface area (Å²) in [6.07, 6.45) is 2.53. The minimum absolute atomic E-state index is 0.244. The smallest absolute Gasteiger partial charge is 0.171 e. The van der Waals surface area contributed by atoms with Crippen molar-refractivity contribution in [3.63, 3.8) is 0 Å². The van der Waals surface area contributed by atoms with Gasteiger partial charge < -0.3 is 15.4 Å². The first-order valence-electron chi connectivity index (χ1n) is 6.82. The Morgan fingerprint density at radius 3 is 2.84 bits per heavy atom. The number of thiocarbonyl (C=S) groups is 1. The second-order valence-electron chi connectivity index (χ2n) is 5.26. The molecular formula is C15H22N2OS. The van der Waals surface area contributed by atoms with E-state index in [1.165, 1.54) is 11.1 Å². The Morgan fingerprint density at radius 2 is 2.21 bits per heavy atom. The first kappa shape index (κ1) is 14.3. The van der Waals surface area contributed by atoms with Gasteiger partial charge >= 0.3 is 0 Å². The molecule has 1 saturated heterocycles. The Labute approximate surface area is 120 Å². The molecule has 2 rings (SSSR count). The van der Waals surface area contributed by atoms with Crippen LogP contribution in [0, 0.1) is 13.8 Å². The molecule has 2 N–H and O–H groups in total. The van der Waals surface area contributed by atoms with E-state index in [1.54, 1.807) is 0 Å². The maximum Gasteiger partial charge on any atom is 0.171 e. The molecule has 4 heteroatoms. The third-order valence-electron chi connectivity index (χ3n) is 3.51. The van der Waals surface area contributed by atoms with Crippen molar-refractivity contribution in [2.45, 2.75) is 45.8 Å². The molecule has 1 aromatic rings. The third kappa shape index (κ3) is 3.91. The van der Waals surface area contributed by atoms with Gasteiger partial charge in [0.15, 0.2) is 5.11 Å². The fourth-order valence-electron chi connectivity index (χ4n) is 2.41. The summed E-state index contributed by atoms with van der Waals surface area (Å²) < 4.78 is 5.66. The van der Waals surface area contributed by atoms with Crippen molar-refractivity contribution < 1.29 is 4.74 Å². The molecule has 1 aromatic carbocycles. The van der Waals surface area contributed by atoms with E-state index in [4.69, 9.17) is 17.0 Å². The van der Waals surface area contributed by atoms with Gasteiger partial charge in [-0.2, -0.15) is 0 Å². The highest BCUT2D eigenvalue weighted by molar-refractivity contribution is 7.80. The summed E-state index contributed by atoms with van der Waals surface area (Å²) >= 11 is 5.36. The number of hydrogen-bond donors (Lipinski definition) is 2. The highest BCUT2D eigenvalue weighted by Crippen LogP contribution is 2.17. The molecule has 0 aliphatic carbocycles. The average Bonchev–Trinajstić information content (AvgIpc) is 2.86. The van der Waals surface area contributed by atoms with Crippen molar-refractivity contribution in [2.75, 3.05) is 11.9 Å². The predicted molar refractivity (Wildman–Crippen MR) is 83.7 cm³/mol. The molecular weight excluding hydrogens is 256 g/mol. The van der Waals surface area contributed by atoms with Crippen LogP contribution in [0.3, 0.4) is 0 Å². The lowest BCUT2D eigenvalue weighted by Crippen LogP contribution is -2.42. The largest absolute Gasteiger partial charge is 0.376 e. The minimum atomic E-state index is 0.244. The number of rotatable bonds is 3. The van der Waals surface area contributed by atoms with Gasteiger partial charge in [-0.3, -0.25) is 0 Å². The molecule has 0 aromatic heterocycles. The predicted octanol–water partition coefficient (Wildman–Crippen LogP) is 3.16. The lowest BCUT2D eigenvalue weighted by Gasteiger charge is -2.22. The van der Waals surface area contributed by atoms with Gasteiger partial charge in [0, 0.05) is 12.3 Å². The lowest BCUT2D eigenvalue weighted by molar-refractivity contribution is 0.0895. The summed E-state index contributed by atoms with van der Waals surface area (Å²) in [7, 11) is 0. The molecule has 1 heterocycles. The zero-order valence-electron chi connectivity index (χ0n) is 11.8. The Kier molecular flexibility index (Phi) is 4.77. The van der Waals surface area contributed by atoms with Crippen LogP contribution in [-0.4, -0.2) is 23.9 Å². The van der Waals surface area contributed by atoms with Gasteiger partial charge in [0.1, 0.15) is 0 Å². The van der Waals surface area contributed by atoms with Crippen LogP contribution >= 0.6 is 12.2 Å². The van der Waals surface area contributed by atoms with Crippen LogP contribution in [0.5, 0.6) is 0 Å². The second-order valence-corrected chi connectivity index (χ2v) is 5.67. The Bertz CT molecular complexity index is 455. The summed E-state index contributed by atoms with van der Waals surface area (Å²) in [6.45, 7) is 7.16. The van der Waals surface area contributed by atoms with Crippen molar-refractivity contribution in [3.8, 4) is 0 Å². The van der Waals surface area contributed by atoms with Crippen LogP contribution in [0.4, 0.5) is 5.69 Å². The second kappa shape index (κ2) is 6.35. The van der Waals surface area contributed by atoms with Crippen molar-refractivity contribution >= 4 is 23.0 Å². The molecule has 19 heavy (non-hydrogen) atoms. The standard InChI is InChI=1S/C15H22N2OS/c1-10-6-7-13(11(2)9-10)17-15(19)16-12(3)14-5-4-8-18-14/h6-7,9,12,14H,4-5,8H2,1-3H3,(H2,16,17,19). The molecule has 1 aliphatic heterocycles. The summed E-state index contributed by atoms with van der Waals surface area (Å²) in [6, 6.07) is 6.54. The van der Waals surface area contributed by atoms with E-state index in [0.717, 1.165) is 25.1 Å². The number of benzene rings is 1. The van der Waals surface area contributed by atoms with E-state index in [1.807, 2.05) is 0 Å². The number of hydrogen-bond acceptors (Lipinski definition) is 2. The van der Waals surface area contributed by atoms with Crippen molar-refractivity contribution in [3.05, 3.63) is 29.3 Å². The van der Waals surface area contributed by atoms with Gasteiger partial charge in [0.2, 0.25) is 0 Å². The number of ether oxygens (including phenoxy) is 1. The van der Waals surface area contributed by atoms with Crippen LogP contribution in [-0.2, 0) is 4.74 Å². The molecule has 0 amide bonds. The topological polar surface area (TPSA) is 33.3 Å². The molecule has 0 saturated carbocycles. The quantitative estimate of drug-likeness (QED) is 0.832. The lowest BCUT2D eigenvalue weighted by atomic mass is 10.1. The van der Waals surface area contributed by atoms with E-state index in [-0.39, 0.29) is 12.1 Å². The van der Waals surface area contributed by atoms with Gasteiger partial charge in [0.05, 0.1) is 12.1 Å². The molecule has 1 aliphatic rings. The van der Waals surface area contributed by atoms with Crippen LogP contribution in [0.15, 0.2) is 18.2 Å². The van der Waals surface area contributed by atoms with Crippen molar-refractivity contribution in [2.24, 2.45) is 0 Å². The zero-order chi connectivity index (χ0) is 13.8. The highest BCUT2D eigenvalue weighted by atomic mass is 32.1. The average molecular weight is 278 g/mol. The first-order valence-corrected chi connectivity index (χ1v) is 7.23. The molecule has 104 valence electrons. The van der Waals surface area contributed by atoms with E-state index >= 15 is 0 Å².